The highest BCUT2D eigenvalue weighted by Gasteiger charge is 2.14. The zero-order valence-corrected chi connectivity index (χ0v) is 8.52. The summed E-state index contributed by atoms with van der Waals surface area (Å²) in [4.78, 5) is 14.8. The number of nitrogens with zero attached hydrogens (tertiary/aromatic N) is 2. The van der Waals surface area contributed by atoms with Gasteiger partial charge in [0.1, 0.15) is 5.75 Å². The van der Waals surface area contributed by atoms with Crippen LogP contribution in [0, 0.1) is 0 Å². The van der Waals surface area contributed by atoms with Crippen molar-refractivity contribution in [2.75, 3.05) is 7.11 Å². The molecule has 78 valence electrons. The Bertz CT molecular complexity index is 535. The van der Waals surface area contributed by atoms with Gasteiger partial charge < -0.3 is 9.84 Å². The molecule has 0 aliphatic heterocycles. The second-order valence-corrected chi connectivity index (χ2v) is 3.19. The van der Waals surface area contributed by atoms with E-state index in [0.29, 0.717) is 16.8 Å². The summed E-state index contributed by atoms with van der Waals surface area (Å²) >= 11 is 5.69. The van der Waals surface area contributed by atoms with Crippen molar-refractivity contribution in [3.05, 3.63) is 23.5 Å². The lowest BCUT2D eigenvalue weighted by Crippen LogP contribution is -2.07. The van der Waals surface area contributed by atoms with Crippen LogP contribution in [0.25, 0.3) is 11.0 Å². The summed E-state index contributed by atoms with van der Waals surface area (Å²) in [5.74, 6) is 0.606. The Morgan fingerprint density at radius 1 is 1.60 bits per heavy atom. The van der Waals surface area contributed by atoms with Gasteiger partial charge in [-0.05, 0) is 23.7 Å². The first-order chi connectivity index (χ1) is 7.13. The van der Waals surface area contributed by atoms with Crippen molar-refractivity contribution >= 4 is 28.7 Å². The van der Waals surface area contributed by atoms with Crippen molar-refractivity contribution in [1.29, 1.82) is 0 Å². The van der Waals surface area contributed by atoms with Gasteiger partial charge in [-0.1, -0.05) is 0 Å². The molecular formula is C9H7ClN2O3. The molecule has 0 fully saturated rings. The fourth-order valence-corrected chi connectivity index (χ4v) is 1.59. The molecule has 6 heteroatoms. The third-order valence-corrected chi connectivity index (χ3v) is 2.27. The van der Waals surface area contributed by atoms with Crippen molar-refractivity contribution < 1.29 is 14.6 Å². The average Bonchev–Trinajstić information content (AvgIpc) is 2.52. The van der Waals surface area contributed by atoms with Crippen LogP contribution in [0.5, 0.6) is 5.75 Å². The summed E-state index contributed by atoms with van der Waals surface area (Å²) < 4.78 is 5.91. The van der Waals surface area contributed by atoms with Crippen molar-refractivity contribution in [2.45, 2.75) is 0 Å². The minimum Gasteiger partial charge on any atom is -0.497 e. The van der Waals surface area contributed by atoms with Gasteiger partial charge in [-0.2, -0.15) is 0 Å². The average molecular weight is 227 g/mol. The molecule has 0 unspecified atom stereocenters. The number of aromatic nitrogens is 2. The van der Waals surface area contributed by atoms with Crippen molar-refractivity contribution in [1.82, 2.24) is 9.55 Å². The summed E-state index contributed by atoms with van der Waals surface area (Å²) in [5, 5.41) is 8.81. The maximum absolute atomic E-state index is 10.9. The Balaban J connectivity index is 2.74. The summed E-state index contributed by atoms with van der Waals surface area (Å²) in [6.45, 7) is 0. The molecule has 5 nitrogen and oxygen atoms in total. The molecule has 0 spiro atoms. The molecule has 0 atom stereocenters. The number of fused-ring (bicyclic) bond motifs is 1. The number of carbonyl (C=O) groups is 1. The van der Waals surface area contributed by atoms with E-state index in [0.717, 1.165) is 4.57 Å². The van der Waals surface area contributed by atoms with Gasteiger partial charge in [0.15, 0.2) is 0 Å². The second kappa shape index (κ2) is 3.43. The first-order valence-electron chi connectivity index (χ1n) is 4.09. The third-order valence-electron chi connectivity index (χ3n) is 2.01. The Morgan fingerprint density at radius 3 is 2.93 bits per heavy atom. The highest BCUT2D eigenvalue weighted by atomic mass is 35.5. The zero-order valence-electron chi connectivity index (χ0n) is 7.77. The van der Waals surface area contributed by atoms with Gasteiger partial charge in [0.05, 0.1) is 18.1 Å². The molecule has 15 heavy (non-hydrogen) atoms. The topological polar surface area (TPSA) is 64.4 Å². The molecule has 2 rings (SSSR count). The van der Waals surface area contributed by atoms with Crippen LogP contribution in [0.2, 0.25) is 5.28 Å². The number of carboxylic acid groups (broad SMARTS) is 1. The molecule has 0 saturated carbocycles. The molecule has 1 aromatic heterocycles. The van der Waals surface area contributed by atoms with Crippen LogP contribution >= 0.6 is 11.6 Å². The number of hydrogen-bond acceptors (Lipinski definition) is 3. The smallest absolute Gasteiger partial charge is 0.418 e. The largest absolute Gasteiger partial charge is 0.497 e. The van der Waals surface area contributed by atoms with E-state index in [4.69, 9.17) is 21.4 Å². The standard InChI is InChI=1S/C9H7ClN2O3/c1-15-5-2-3-7-6(4-5)11-8(10)12(7)9(13)14/h2-4H,1H3,(H,13,14). The van der Waals surface area contributed by atoms with Crippen LogP contribution < -0.4 is 4.74 Å². The maximum atomic E-state index is 10.9. The molecule has 0 aliphatic rings. The van der Waals surface area contributed by atoms with E-state index >= 15 is 0 Å². The quantitative estimate of drug-likeness (QED) is 0.810. The van der Waals surface area contributed by atoms with Crippen LogP contribution in [-0.4, -0.2) is 27.9 Å². The monoisotopic (exact) mass is 226 g/mol. The van der Waals surface area contributed by atoms with E-state index < -0.39 is 6.09 Å². The van der Waals surface area contributed by atoms with Crippen LogP contribution in [0.15, 0.2) is 18.2 Å². The third kappa shape index (κ3) is 1.50. The fraction of sp³-hybridized carbons (Fsp3) is 0.111. The lowest BCUT2D eigenvalue weighted by atomic mass is 10.3. The Hall–Kier alpha value is -1.75. The Labute approximate surface area is 89.9 Å². The Kier molecular flexibility index (Phi) is 2.24. The summed E-state index contributed by atoms with van der Waals surface area (Å²) in [6.07, 6.45) is -1.16. The molecular weight excluding hydrogens is 220 g/mol. The minimum atomic E-state index is -1.16. The van der Waals surface area contributed by atoms with Gasteiger partial charge in [-0.25, -0.2) is 14.3 Å². The van der Waals surface area contributed by atoms with Gasteiger partial charge in [-0.15, -0.1) is 0 Å². The predicted octanol–water partition coefficient (Wildman–Crippen LogP) is 2.22. The van der Waals surface area contributed by atoms with Crippen LogP contribution in [0.3, 0.4) is 0 Å². The molecule has 1 heterocycles. The normalized spacial score (nSPS) is 10.5. The van der Waals surface area contributed by atoms with E-state index in [1.54, 1.807) is 18.2 Å². The highest BCUT2D eigenvalue weighted by Crippen LogP contribution is 2.23. The summed E-state index contributed by atoms with van der Waals surface area (Å²) in [5.41, 5.74) is 0.926. The number of hydrogen-bond donors (Lipinski definition) is 1. The Morgan fingerprint density at radius 2 is 2.33 bits per heavy atom. The van der Waals surface area contributed by atoms with Crippen molar-refractivity contribution in [2.24, 2.45) is 0 Å². The molecule has 1 aromatic carbocycles. The van der Waals surface area contributed by atoms with E-state index in [1.165, 1.54) is 7.11 Å². The number of ether oxygens (including phenoxy) is 1. The van der Waals surface area contributed by atoms with Crippen molar-refractivity contribution in [3.8, 4) is 5.75 Å². The van der Waals surface area contributed by atoms with E-state index in [1.807, 2.05) is 0 Å². The van der Waals surface area contributed by atoms with Crippen LogP contribution in [0.4, 0.5) is 4.79 Å². The molecule has 0 bridgehead atoms. The maximum Gasteiger partial charge on any atom is 0.418 e. The number of halogens is 1. The first kappa shape index (κ1) is 9.79. The SMILES string of the molecule is COc1ccc2c(c1)nc(Cl)n2C(=O)O. The summed E-state index contributed by atoms with van der Waals surface area (Å²) in [6, 6.07) is 4.88. The molecule has 0 radical (unpaired) electrons. The minimum absolute atomic E-state index is 0.0780. The lowest BCUT2D eigenvalue weighted by molar-refractivity contribution is 0.197. The van der Waals surface area contributed by atoms with Gasteiger partial charge in [-0.3, -0.25) is 0 Å². The van der Waals surface area contributed by atoms with Crippen molar-refractivity contribution in [3.63, 3.8) is 0 Å². The van der Waals surface area contributed by atoms with E-state index in [9.17, 15) is 4.79 Å². The molecule has 0 aliphatic carbocycles. The van der Waals surface area contributed by atoms with Gasteiger partial charge in [0.2, 0.25) is 5.28 Å². The number of imidazole rings is 1. The highest BCUT2D eigenvalue weighted by molar-refractivity contribution is 6.30. The van der Waals surface area contributed by atoms with Gasteiger partial charge in [0, 0.05) is 6.07 Å². The zero-order chi connectivity index (χ0) is 11.0. The molecule has 1 N–H and O–H groups in total. The van der Waals surface area contributed by atoms with E-state index in [-0.39, 0.29) is 5.28 Å². The number of benzene rings is 1. The summed E-state index contributed by atoms with van der Waals surface area (Å²) in [7, 11) is 1.52. The predicted molar refractivity (Wildman–Crippen MR) is 54.7 cm³/mol. The molecule has 2 aromatic rings. The number of methoxy groups -OCH3 is 1. The van der Waals surface area contributed by atoms with Crippen LogP contribution in [-0.2, 0) is 0 Å². The van der Waals surface area contributed by atoms with Crippen LogP contribution in [0.1, 0.15) is 0 Å². The number of rotatable bonds is 1. The lowest BCUT2D eigenvalue weighted by Gasteiger charge is -1.99. The fourth-order valence-electron chi connectivity index (χ4n) is 1.34. The molecule has 0 amide bonds. The van der Waals surface area contributed by atoms with Gasteiger partial charge >= 0.3 is 6.09 Å². The first-order valence-corrected chi connectivity index (χ1v) is 4.46. The van der Waals surface area contributed by atoms with Gasteiger partial charge in [0.25, 0.3) is 0 Å². The molecule has 0 saturated heterocycles. The van der Waals surface area contributed by atoms with E-state index in [2.05, 4.69) is 4.98 Å². The second-order valence-electron chi connectivity index (χ2n) is 2.85.